The summed E-state index contributed by atoms with van der Waals surface area (Å²) in [4.78, 5) is 3.83. The van der Waals surface area contributed by atoms with Crippen LogP contribution in [0.2, 0.25) is 0 Å². The number of nitrogen functional groups attached to an aromatic ring is 1. The molecule has 0 aliphatic heterocycles. The van der Waals surface area contributed by atoms with Crippen molar-refractivity contribution in [2.24, 2.45) is 0 Å². The Morgan fingerprint density at radius 2 is 1.84 bits per heavy atom. The average molecular weight is 270 g/mol. The van der Waals surface area contributed by atoms with Gasteiger partial charge in [-0.25, -0.2) is 9.37 Å². The highest BCUT2D eigenvalue weighted by Gasteiger charge is 2.34. The van der Waals surface area contributed by atoms with E-state index in [4.69, 9.17) is 5.73 Å². The SMILES string of the molecule is Cc1ccnc(N)c1-c1ccc(F)c(C(F)(F)F)c1. The van der Waals surface area contributed by atoms with Crippen LogP contribution in [0, 0.1) is 12.7 Å². The Balaban J connectivity index is 2.65. The fraction of sp³-hybridized carbons (Fsp3) is 0.154. The Labute approximate surface area is 106 Å². The Morgan fingerprint density at radius 3 is 2.42 bits per heavy atom. The predicted molar refractivity (Wildman–Crippen MR) is 63.8 cm³/mol. The van der Waals surface area contributed by atoms with E-state index in [9.17, 15) is 17.6 Å². The molecule has 0 aliphatic rings. The van der Waals surface area contributed by atoms with E-state index in [-0.39, 0.29) is 11.4 Å². The van der Waals surface area contributed by atoms with Crippen molar-refractivity contribution in [2.45, 2.75) is 13.1 Å². The third-order valence-corrected chi connectivity index (χ3v) is 2.75. The van der Waals surface area contributed by atoms with Crippen LogP contribution >= 0.6 is 0 Å². The molecule has 2 N–H and O–H groups in total. The van der Waals surface area contributed by atoms with Crippen molar-refractivity contribution in [1.29, 1.82) is 0 Å². The predicted octanol–water partition coefficient (Wildman–Crippen LogP) is 3.80. The molecule has 0 aliphatic carbocycles. The minimum atomic E-state index is -4.75. The van der Waals surface area contributed by atoms with E-state index < -0.39 is 17.6 Å². The van der Waals surface area contributed by atoms with Gasteiger partial charge in [0.2, 0.25) is 0 Å². The molecule has 0 spiro atoms. The minimum Gasteiger partial charge on any atom is -0.383 e. The van der Waals surface area contributed by atoms with E-state index in [0.717, 1.165) is 12.1 Å². The number of anilines is 1. The summed E-state index contributed by atoms with van der Waals surface area (Å²) >= 11 is 0. The first kappa shape index (κ1) is 13.3. The molecular formula is C13H10F4N2. The van der Waals surface area contributed by atoms with Crippen molar-refractivity contribution < 1.29 is 17.6 Å². The van der Waals surface area contributed by atoms with Crippen molar-refractivity contribution in [2.75, 3.05) is 5.73 Å². The number of hydrogen-bond acceptors (Lipinski definition) is 2. The lowest BCUT2D eigenvalue weighted by Crippen LogP contribution is -2.08. The lowest BCUT2D eigenvalue weighted by atomic mass is 9.99. The molecule has 2 nitrogen and oxygen atoms in total. The maximum atomic E-state index is 13.2. The second-order valence-corrected chi connectivity index (χ2v) is 4.08. The number of aryl methyl sites for hydroxylation is 1. The fourth-order valence-corrected chi connectivity index (χ4v) is 1.85. The summed E-state index contributed by atoms with van der Waals surface area (Å²) < 4.78 is 51.2. The van der Waals surface area contributed by atoms with E-state index in [1.807, 2.05) is 0 Å². The Kier molecular flexibility index (Phi) is 3.18. The maximum absolute atomic E-state index is 13.2. The molecule has 1 aromatic heterocycles. The maximum Gasteiger partial charge on any atom is 0.419 e. The van der Waals surface area contributed by atoms with Crippen molar-refractivity contribution in [3.8, 4) is 11.1 Å². The highest BCUT2D eigenvalue weighted by Crippen LogP contribution is 2.36. The van der Waals surface area contributed by atoms with Crippen LogP contribution in [0.4, 0.5) is 23.4 Å². The summed E-state index contributed by atoms with van der Waals surface area (Å²) in [7, 11) is 0. The van der Waals surface area contributed by atoms with Crippen LogP contribution in [0.5, 0.6) is 0 Å². The number of rotatable bonds is 1. The number of nitrogens with zero attached hydrogens (tertiary/aromatic N) is 1. The third kappa shape index (κ3) is 2.52. The molecule has 6 heteroatoms. The van der Waals surface area contributed by atoms with Gasteiger partial charge >= 0.3 is 6.18 Å². The number of alkyl halides is 3. The smallest absolute Gasteiger partial charge is 0.383 e. The topological polar surface area (TPSA) is 38.9 Å². The van der Waals surface area contributed by atoms with Crippen LogP contribution in [0.1, 0.15) is 11.1 Å². The molecule has 1 aromatic carbocycles. The summed E-state index contributed by atoms with van der Waals surface area (Å²) in [6, 6.07) is 4.41. The number of benzene rings is 1. The molecule has 0 bridgehead atoms. The van der Waals surface area contributed by atoms with Gasteiger partial charge in [0.15, 0.2) is 0 Å². The molecule has 0 unspecified atom stereocenters. The lowest BCUT2D eigenvalue weighted by molar-refractivity contribution is -0.139. The second kappa shape index (κ2) is 4.53. The van der Waals surface area contributed by atoms with Crippen LogP contribution in [-0.2, 0) is 6.18 Å². The van der Waals surface area contributed by atoms with Gasteiger partial charge in [0, 0.05) is 11.8 Å². The molecule has 0 radical (unpaired) electrons. The van der Waals surface area contributed by atoms with Gasteiger partial charge in [-0.05, 0) is 36.2 Å². The number of nitrogens with two attached hydrogens (primary N) is 1. The van der Waals surface area contributed by atoms with Gasteiger partial charge in [-0.2, -0.15) is 13.2 Å². The zero-order valence-corrected chi connectivity index (χ0v) is 9.92. The quantitative estimate of drug-likeness (QED) is 0.800. The van der Waals surface area contributed by atoms with E-state index in [2.05, 4.69) is 4.98 Å². The van der Waals surface area contributed by atoms with Crippen LogP contribution in [0.3, 0.4) is 0 Å². The first-order valence-corrected chi connectivity index (χ1v) is 5.39. The number of hydrogen-bond donors (Lipinski definition) is 1. The number of halogens is 4. The molecule has 0 atom stereocenters. The molecule has 2 aromatic rings. The second-order valence-electron chi connectivity index (χ2n) is 4.08. The molecule has 0 amide bonds. The van der Waals surface area contributed by atoms with Crippen LogP contribution < -0.4 is 5.73 Å². The monoisotopic (exact) mass is 270 g/mol. The summed E-state index contributed by atoms with van der Waals surface area (Å²) in [6.45, 7) is 1.70. The van der Waals surface area contributed by atoms with Crippen molar-refractivity contribution in [1.82, 2.24) is 4.98 Å². The van der Waals surface area contributed by atoms with Crippen molar-refractivity contribution in [3.05, 3.63) is 47.4 Å². The fourth-order valence-electron chi connectivity index (χ4n) is 1.85. The minimum absolute atomic E-state index is 0.111. The first-order chi connectivity index (χ1) is 8.80. The highest BCUT2D eigenvalue weighted by atomic mass is 19.4. The van der Waals surface area contributed by atoms with Gasteiger partial charge < -0.3 is 5.73 Å². The van der Waals surface area contributed by atoms with Gasteiger partial charge in [-0.1, -0.05) is 6.07 Å². The van der Waals surface area contributed by atoms with Crippen LogP contribution in [0.15, 0.2) is 30.5 Å². The van der Waals surface area contributed by atoms with E-state index in [1.54, 1.807) is 13.0 Å². The lowest BCUT2D eigenvalue weighted by Gasteiger charge is -2.12. The Bertz CT molecular complexity index is 600. The summed E-state index contributed by atoms with van der Waals surface area (Å²) in [6.07, 6.45) is -3.28. The van der Waals surface area contributed by atoms with Gasteiger partial charge in [-0.3, -0.25) is 0 Å². The molecule has 0 saturated heterocycles. The van der Waals surface area contributed by atoms with E-state index in [1.165, 1.54) is 12.3 Å². The number of pyridine rings is 1. The van der Waals surface area contributed by atoms with Gasteiger partial charge in [0.1, 0.15) is 11.6 Å². The summed E-state index contributed by atoms with van der Waals surface area (Å²) in [5, 5.41) is 0. The average Bonchev–Trinajstić information content (AvgIpc) is 2.29. The first-order valence-electron chi connectivity index (χ1n) is 5.39. The van der Waals surface area contributed by atoms with Crippen molar-refractivity contribution >= 4 is 5.82 Å². The molecule has 0 fully saturated rings. The molecule has 2 rings (SSSR count). The van der Waals surface area contributed by atoms with Gasteiger partial charge in [0.05, 0.1) is 5.56 Å². The standard InChI is InChI=1S/C13H10F4N2/c1-7-4-5-19-12(18)11(7)8-2-3-10(14)9(6-8)13(15,16)17/h2-6H,1H3,(H2,18,19). The largest absolute Gasteiger partial charge is 0.419 e. The zero-order chi connectivity index (χ0) is 14.2. The molecular weight excluding hydrogens is 260 g/mol. The van der Waals surface area contributed by atoms with E-state index >= 15 is 0 Å². The van der Waals surface area contributed by atoms with Crippen LogP contribution in [0.25, 0.3) is 11.1 Å². The summed E-state index contributed by atoms with van der Waals surface area (Å²) in [5.41, 5.74) is 5.60. The molecule has 0 saturated carbocycles. The highest BCUT2D eigenvalue weighted by molar-refractivity contribution is 5.77. The van der Waals surface area contributed by atoms with Gasteiger partial charge in [-0.15, -0.1) is 0 Å². The zero-order valence-electron chi connectivity index (χ0n) is 9.92. The van der Waals surface area contributed by atoms with Crippen LogP contribution in [-0.4, -0.2) is 4.98 Å². The Hall–Kier alpha value is -2.11. The third-order valence-electron chi connectivity index (χ3n) is 2.75. The molecule has 1 heterocycles. The van der Waals surface area contributed by atoms with Gasteiger partial charge in [0.25, 0.3) is 0 Å². The van der Waals surface area contributed by atoms with E-state index in [0.29, 0.717) is 11.1 Å². The molecule has 100 valence electrons. The van der Waals surface area contributed by atoms with Crippen molar-refractivity contribution in [3.63, 3.8) is 0 Å². The molecule has 19 heavy (non-hydrogen) atoms. The normalized spacial score (nSPS) is 11.6. The summed E-state index contributed by atoms with van der Waals surface area (Å²) in [5.74, 6) is -1.20. The number of aromatic nitrogens is 1. The Morgan fingerprint density at radius 1 is 1.16 bits per heavy atom.